The number of amides is 3. The Morgan fingerprint density at radius 1 is 0.383 bits per heavy atom. The molecule has 9 heterocycles. The number of hydrogen-bond donors (Lipinski definition) is 8. The molecule has 0 bridgehead atoms. The average molecular weight is 1740 g/mol. The van der Waals surface area contributed by atoms with Crippen LogP contribution in [0.1, 0.15) is 216 Å². The van der Waals surface area contributed by atoms with E-state index in [0.717, 1.165) is 240 Å². The standard InChI is InChI=1S/C105H134N12O11/c1-11-115(84-33-46-126-47-34-84)97-56-81(78-23-17-75(18-24-78)62-112-39-13-12-14-40-112)53-91(70(97)6)101(121)107-60-95-68(4)89(73(9)110-104(95)124)32-45-117(86-37-50-128-51-38-86)99-58-83(80-27-21-77(22-28-80)64-114-41-15-16-88(119)65-114)55-93(72(99)8)102(122)108-61-96-69(5)90(74(10)111-105(96)125)31-44-116(85-35-48-127-49-36-85)98-57-82(79-25-19-76(20-26-79)63-113-42-29-87(118)30-43-113)54-92(71(98)7)100(120)106-59-94-66(2)52-67(3)109-103(94)123/h17-28,52-58,84-88,118-119H,11-16,29-51,59-65H2,1-10H3,(H,106,120)(H,107,121)(H,108,122)(H,109,123)(H,110,124)(H,111,125)/t88-/m0/s1. The summed E-state index contributed by atoms with van der Waals surface area (Å²) < 4.78 is 18.0. The van der Waals surface area contributed by atoms with Gasteiger partial charge in [0.05, 0.1) is 12.2 Å². The number of anilines is 3. The summed E-state index contributed by atoms with van der Waals surface area (Å²) in [7, 11) is 0. The second-order valence-corrected chi connectivity index (χ2v) is 37.0. The smallest absolute Gasteiger partial charge is 0.253 e. The van der Waals surface area contributed by atoms with Crippen molar-refractivity contribution in [3.05, 3.63) is 258 Å². The van der Waals surface area contributed by atoms with Gasteiger partial charge in [-0.1, -0.05) is 79.2 Å². The predicted octanol–water partition coefficient (Wildman–Crippen LogP) is 14.7. The highest BCUT2D eigenvalue weighted by atomic mass is 16.5. The number of hydrogen-bond acceptors (Lipinski definition) is 17. The van der Waals surface area contributed by atoms with Crippen molar-refractivity contribution in [1.82, 2.24) is 45.6 Å². The number of carbonyl (C=O) groups excluding carboxylic acids is 3. The number of aliphatic hydroxyl groups is 2. The summed E-state index contributed by atoms with van der Waals surface area (Å²) in [5.41, 5.74) is 23.0. The molecule has 6 fully saturated rings. The Bertz CT molecular complexity index is 5590. The number of aromatic amines is 3. The molecule has 6 aliphatic heterocycles. The number of aryl methyl sites for hydroxylation is 4. The van der Waals surface area contributed by atoms with Gasteiger partial charge in [0.1, 0.15) is 0 Å². The topological polar surface area (TPSA) is 273 Å². The number of β-amino-alcohol motifs (C(OH)–C–C–N with tert-alkyl or cyclic N) is 1. The fraction of sp³-hybridized carbons (Fsp3) is 0.486. The number of rotatable bonds is 31. The van der Waals surface area contributed by atoms with Crippen molar-refractivity contribution in [2.45, 2.75) is 235 Å². The number of likely N-dealkylation sites (tertiary alicyclic amines) is 3. The SMILES string of the molecule is CCN(c1cc(-c2ccc(CN3CCCCC3)cc2)cc(C(=O)NCc2c(C)c(CCN(c3cc(-c4ccc(CN5CCC[C@H](O)C5)cc4)cc(C(=O)NCc4c(C)c(CCN(c5cc(-c6ccc(CN7CCC(O)CC7)cc6)cc(C(=O)NCc6c(C)cc(C)[nH]c6=O)c5C)C5CCOCC5)c(C)[nH]c4=O)c3C)C3CCOCC3)c(C)[nH]c2=O)c1C)C1CCOCC1. The van der Waals surface area contributed by atoms with Crippen molar-refractivity contribution in [3.8, 4) is 33.4 Å². The van der Waals surface area contributed by atoms with Crippen molar-refractivity contribution in [2.75, 3.05) is 113 Å². The van der Waals surface area contributed by atoms with Crippen molar-refractivity contribution < 1.29 is 38.8 Å². The van der Waals surface area contributed by atoms with Crippen LogP contribution in [-0.2, 0) is 66.3 Å². The van der Waals surface area contributed by atoms with Crippen LogP contribution in [0.5, 0.6) is 0 Å². The Balaban J connectivity index is 0.716. The molecule has 15 rings (SSSR count). The summed E-state index contributed by atoms with van der Waals surface area (Å²) in [6.07, 6.45) is 12.2. The molecule has 23 nitrogen and oxygen atoms in total. The minimum absolute atomic E-state index is 0.00720. The molecule has 3 amide bonds. The molecule has 3 aromatic heterocycles. The number of carbonyl (C=O) groups is 3. The summed E-state index contributed by atoms with van der Waals surface area (Å²) >= 11 is 0. The van der Waals surface area contributed by atoms with Gasteiger partial charge in [-0.2, -0.15) is 0 Å². The van der Waals surface area contributed by atoms with Crippen LogP contribution in [-0.4, -0.2) is 186 Å². The van der Waals surface area contributed by atoms with E-state index in [1.165, 1.54) is 24.8 Å². The minimum atomic E-state index is -0.355. The van der Waals surface area contributed by atoms with Crippen LogP contribution in [0, 0.1) is 62.3 Å². The first-order valence-electron chi connectivity index (χ1n) is 47.1. The molecule has 0 aliphatic carbocycles. The molecule has 0 radical (unpaired) electrons. The van der Waals surface area contributed by atoms with Crippen molar-refractivity contribution in [2.24, 2.45) is 0 Å². The minimum Gasteiger partial charge on any atom is -0.393 e. The monoisotopic (exact) mass is 1740 g/mol. The van der Waals surface area contributed by atoms with Gasteiger partial charge < -0.3 is 70.0 Å². The summed E-state index contributed by atoms with van der Waals surface area (Å²) in [5.74, 6) is -0.895. The zero-order valence-corrected chi connectivity index (χ0v) is 77.1. The molecule has 8 N–H and O–H groups in total. The van der Waals surface area contributed by atoms with E-state index in [9.17, 15) is 29.4 Å². The van der Waals surface area contributed by atoms with Crippen LogP contribution < -0.4 is 47.3 Å². The highest BCUT2D eigenvalue weighted by molar-refractivity contribution is 6.01. The summed E-state index contributed by atoms with van der Waals surface area (Å²) in [6.45, 7) is 33.0. The maximum Gasteiger partial charge on any atom is 0.253 e. The number of nitrogens with zero attached hydrogens (tertiary/aromatic N) is 6. The van der Waals surface area contributed by atoms with E-state index in [4.69, 9.17) is 14.2 Å². The van der Waals surface area contributed by atoms with Crippen molar-refractivity contribution in [3.63, 3.8) is 0 Å². The van der Waals surface area contributed by atoms with Crippen molar-refractivity contribution in [1.29, 1.82) is 0 Å². The molecule has 128 heavy (non-hydrogen) atoms. The zero-order valence-electron chi connectivity index (χ0n) is 77.1. The second-order valence-electron chi connectivity index (χ2n) is 37.0. The number of aromatic nitrogens is 3. The highest BCUT2D eigenvalue weighted by Gasteiger charge is 2.33. The fourth-order valence-corrected chi connectivity index (χ4v) is 20.8. The lowest BCUT2D eigenvalue weighted by Gasteiger charge is -2.38. The van der Waals surface area contributed by atoms with Crippen molar-refractivity contribution >= 4 is 34.8 Å². The third-order valence-electron chi connectivity index (χ3n) is 28.4. The number of H-pyrrole nitrogens is 3. The van der Waals surface area contributed by atoms with Crippen LogP contribution >= 0.6 is 0 Å². The average Bonchev–Trinajstić information content (AvgIpc) is 0.725. The molecule has 680 valence electrons. The van der Waals surface area contributed by atoms with Crippen LogP contribution in [0.3, 0.4) is 0 Å². The molecule has 6 saturated heterocycles. The Morgan fingerprint density at radius 3 is 1.13 bits per heavy atom. The largest absolute Gasteiger partial charge is 0.393 e. The first-order chi connectivity index (χ1) is 61.9. The third kappa shape index (κ3) is 22.0. The molecule has 0 spiro atoms. The van der Waals surface area contributed by atoms with Gasteiger partial charge in [-0.3, -0.25) is 43.5 Å². The lowest BCUT2D eigenvalue weighted by molar-refractivity contribution is 0.0668. The van der Waals surface area contributed by atoms with Gasteiger partial charge in [0.15, 0.2) is 0 Å². The van der Waals surface area contributed by atoms with Gasteiger partial charge in [-0.15, -0.1) is 0 Å². The maximum atomic E-state index is 15.7. The zero-order chi connectivity index (χ0) is 89.8. The Kier molecular flexibility index (Phi) is 30.7. The molecule has 0 unspecified atom stereocenters. The third-order valence-corrected chi connectivity index (χ3v) is 28.4. The van der Waals surface area contributed by atoms with E-state index in [0.29, 0.717) is 112 Å². The summed E-state index contributed by atoms with van der Waals surface area (Å²) in [4.78, 5) is 112. The Morgan fingerprint density at radius 2 is 0.742 bits per heavy atom. The van der Waals surface area contributed by atoms with Gasteiger partial charge >= 0.3 is 0 Å². The molecule has 1 atom stereocenters. The molecular formula is C105H134N12O11. The van der Waals surface area contributed by atoms with Gasteiger partial charge in [-0.25, -0.2) is 0 Å². The van der Waals surface area contributed by atoms with Crippen LogP contribution in [0.2, 0.25) is 0 Å². The number of nitrogens with one attached hydrogen (secondary N) is 6. The molecule has 23 heteroatoms. The predicted molar refractivity (Wildman–Crippen MR) is 510 cm³/mol. The first-order valence-corrected chi connectivity index (χ1v) is 47.1. The maximum absolute atomic E-state index is 15.7. The first kappa shape index (κ1) is 92.4. The molecule has 0 saturated carbocycles. The fourth-order valence-electron chi connectivity index (χ4n) is 20.8. The molecule has 6 aromatic carbocycles. The van der Waals surface area contributed by atoms with Gasteiger partial charge in [0.2, 0.25) is 0 Å². The lowest BCUT2D eigenvalue weighted by atomic mass is 9.93. The van der Waals surface area contributed by atoms with E-state index in [1.807, 2.05) is 86.6 Å². The van der Waals surface area contributed by atoms with E-state index < -0.39 is 0 Å². The van der Waals surface area contributed by atoms with Gasteiger partial charge in [0.25, 0.3) is 34.4 Å². The van der Waals surface area contributed by atoms with Crippen LogP contribution in [0.25, 0.3) is 33.4 Å². The van der Waals surface area contributed by atoms with Gasteiger partial charge in [-0.05, 0) is 316 Å². The Labute approximate surface area is 754 Å². The van der Waals surface area contributed by atoms with E-state index in [2.05, 4.69) is 158 Å². The molecule has 6 aliphatic rings. The summed E-state index contributed by atoms with van der Waals surface area (Å²) in [6, 6.07) is 40.7. The van der Waals surface area contributed by atoms with E-state index in [-0.39, 0.29) is 84.4 Å². The number of piperidine rings is 3. The number of pyridine rings is 3. The quantitative estimate of drug-likeness (QED) is 0.0201. The van der Waals surface area contributed by atoms with Crippen LogP contribution in [0.4, 0.5) is 17.1 Å². The van der Waals surface area contributed by atoms with E-state index >= 15 is 9.59 Å². The van der Waals surface area contributed by atoms with Gasteiger partial charge in [0, 0.05) is 204 Å². The lowest BCUT2D eigenvalue weighted by Crippen LogP contribution is -2.42. The normalized spacial score (nSPS) is 17.4. The summed E-state index contributed by atoms with van der Waals surface area (Å²) in [5, 5.41) is 30.6. The van der Waals surface area contributed by atoms with E-state index in [1.54, 1.807) is 0 Å². The number of ether oxygens (including phenoxy) is 3. The number of benzene rings is 6. The van der Waals surface area contributed by atoms with Crippen LogP contribution in [0.15, 0.2) is 130 Å². The molecular weight excluding hydrogens is 1610 g/mol. The number of aliphatic hydroxyl groups excluding tert-OH is 2. The Hall–Kier alpha value is -10.3. The molecule has 9 aromatic rings. The highest BCUT2D eigenvalue weighted by Crippen LogP contribution is 2.40. The second kappa shape index (κ2) is 42.5.